The summed E-state index contributed by atoms with van der Waals surface area (Å²) in [6.45, 7) is 12.0. The van der Waals surface area contributed by atoms with Crippen LogP contribution in [0.1, 0.15) is 33.6 Å². The minimum atomic E-state index is 0.307. The third-order valence-corrected chi connectivity index (χ3v) is 1.07. The fourth-order valence-corrected chi connectivity index (χ4v) is 0.582. The van der Waals surface area contributed by atoms with Crippen LogP contribution in [0, 0.1) is 12.3 Å². The summed E-state index contributed by atoms with van der Waals surface area (Å²) in [5.74, 6) is 0. The van der Waals surface area contributed by atoms with Crippen LogP contribution in [0.15, 0.2) is 0 Å². The van der Waals surface area contributed by atoms with Crippen LogP contribution in [-0.4, -0.2) is 13.2 Å². The van der Waals surface area contributed by atoms with Gasteiger partial charge in [0.2, 0.25) is 0 Å². The lowest BCUT2D eigenvalue weighted by Crippen LogP contribution is -2.14. The second kappa shape index (κ2) is 4.73. The number of rotatable bonds is 4. The summed E-state index contributed by atoms with van der Waals surface area (Å²) in [7, 11) is 0. The topological polar surface area (TPSA) is 9.23 Å². The van der Waals surface area contributed by atoms with Crippen molar-refractivity contribution in [2.75, 3.05) is 13.2 Å². The molecule has 0 rings (SSSR count). The van der Waals surface area contributed by atoms with Crippen molar-refractivity contribution in [3.05, 3.63) is 6.92 Å². The molecule has 1 heteroatoms. The Morgan fingerprint density at radius 1 is 1.30 bits per heavy atom. The SMILES string of the molecule is [CH2]CCCOCC(C)(C)C. The van der Waals surface area contributed by atoms with Crippen molar-refractivity contribution >= 4 is 0 Å². The zero-order valence-corrected chi connectivity index (χ0v) is 7.44. The Bertz CT molecular complexity index is 71.3. The number of unbranched alkanes of at least 4 members (excludes halogenated alkanes) is 1. The van der Waals surface area contributed by atoms with E-state index in [-0.39, 0.29) is 0 Å². The molecular formula is C9H19O. The molecule has 1 nitrogen and oxygen atoms in total. The van der Waals surface area contributed by atoms with E-state index in [0.29, 0.717) is 5.41 Å². The van der Waals surface area contributed by atoms with Crippen LogP contribution >= 0.6 is 0 Å². The molecule has 61 valence electrons. The van der Waals surface area contributed by atoms with E-state index in [0.717, 1.165) is 26.1 Å². The monoisotopic (exact) mass is 143 g/mol. The zero-order chi connectivity index (χ0) is 8.04. The van der Waals surface area contributed by atoms with Gasteiger partial charge in [0.1, 0.15) is 0 Å². The smallest absolute Gasteiger partial charge is 0.0514 e. The maximum atomic E-state index is 5.40. The van der Waals surface area contributed by atoms with Crippen molar-refractivity contribution in [3.8, 4) is 0 Å². The van der Waals surface area contributed by atoms with Gasteiger partial charge in [0.15, 0.2) is 0 Å². The van der Waals surface area contributed by atoms with Crippen molar-refractivity contribution in [3.63, 3.8) is 0 Å². The standard InChI is InChI=1S/C9H19O/c1-5-6-7-10-8-9(2,3)4/h1,5-8H2,2-4H3. The van der Waals surface area contributed by atoms with Crippen LogP contribution in [0.4, 0.5) is 0 Å². The predicted octanol–water partition coefficient (Wildman–Crippen LogP) is 2.66. The van der Waals surface area contributed by atoms with Crippen molar-refractivity contribution < 1.29 is 4.74 Å². The van der Waals surface area contributed by atoms with E-state index in [9.17, 15) is 0 Å². The quantitative estimate of drug-likeness (QED) is 0.550. The number of hydrogen-bond acceptors (Lipinski definition) is 1. The summed E-state index contributed by atoms with van der Waals surface area (Å²) in [4.78, 5) is 0. The molecular weight excluding hydrogens is 124 g/mol. The first-order chi connectivity index (χ1) is 4.56. The van der Waals surface area contributed by atoms with Gasteiger partial charge < -0.3 is 4.74 Å². The van der Waals surface area contributed by atoms with Crippen LogP contribution in [0.3, 0.4) is 0 Å². The van der Waals surface area contributed by atoms with Gasteiger partial charge in [-0.1, -0.05) is 34.1 Å². The Morgan fingerprint density at radius 3 is 2.30 bits per heavy atom. The van der Waals surface area contributed by atoms with Gasteiger partial charge in [0, 0.05) is 6.61 Å². The second-order valence-corrected chi connectivity index (χ2v) is 3.82. The molecule has 0 heterocycles. The largest absolute Gasteiger partial charge is 0.381 e. The first-order valence-electron chi connectivity index (χ1n) is 3.93. The first-order valence-corrected chi connectivity index (χ1v) is 3.93. The molecule has 0 aliphatic heterocycles. The van der Waals surface area contributed by atoms with E-state index in [1.807, 2.05) is 0 Å². The van der Waals surface area contributed by atoms with Crippen molar-refractivity contribution in [2.24, 2.45) is 5.41 Å². The second-order valence-electron chi connectivity index (χ2n) is 3.82. The van der Waals surface area contributed by atoms with Crippen molar-refractivity contribution in [2.45, 2.75) is 33.6 Å². The normalized spacial score (nSPS) is 12.0. The summed E-state index contributed by atoms with van der Waals surface area (Å²) in [5, 5.41) is 0. The van der Waals surface area contributed by atoms with Gasteiger partial charge in [-0.25, -0.2) is 0 Å². The molecule has 0 spiro atoms. The van der Waals surface area contributed by atoms with E-state index in [1.165, 1.54) is 0 Å². The molecule has 0 fully saturated rings. The van der Waals surface area contributed by atoms with Crippen LogP contribution in [0.5, 0.6) is 0 Å². The van der Waals surface area contributed by atoms with E-state index in [1.54, 1.807) is 0 Å². The van der Waals surface area contributed by atoms with Crippen LogP contribution in [0.25, 0.3) is 0 Å². The molecule has 0 aliphatic rings. The molecule has 0 unspecified atom stereocenters. The molecule has 0 amide bonds. The van der Waals surface area contributed by atoms with E-state index in [4.69, 9.17) is 4.74 Å². The van der Waals surface area contributed by atoms with Crippen LogP contribution in [-0.2, 0) is 4.74 Å². The summed E-state index contributed by atoms with van der Waals surface area (Å²) in [5.41, 5.74) is 0.307. The van der Waals surface area contributed by atoms with Crippen molar-refractivity contribution in [1.29, 1.82) is 0 Å². The first kappa shape index (κ1) is 9.96. The van der Waals surface area contributed by atoms with Gasteiger partial charge in [-0.3, -0.25) is 0 Å². The van der Waals surface area contributed by atoms with Gasteiger partial charge in [-0.15, -0.1) is 0 Å². The summed E-state index contributed by atoms with van der Waals surface area (Å²) in [6, 6.07) is 0. The zero-order valence-electron chi connectivity index (χ0n) is 7.44. The average Bonchev–Trinajstić information content (AvgIpc) is 1.78. The minimum Gasteiger partial charge on any atom is -0.381 e. The highest BCUT2D eigenvalue weighted by atomic mass is 16.5. The molecule has 0 saturated heterocycles. The summed E-state index contributed by atoms with van der Waals surface area (Å²) in [6.07, 6.45) is 2.06. The highest BCUT2D eigenvalue weighted by Crippen LogP contribution is 2.12. The van der Waals surface area contributed by atoms with Crippen molar-refractivity contribution in [1.82, 2.24) is 0 Å². The molecule has 10 heavy (non-hydrogen) atoms. The predicted molar refractivity (Wildman–Crippen MR) is 44.9 cm³/mol. The summed E-state index contributed by atoms with van der Waals surface area (Å²) >= 11 is 0. The summed E-state index contributed by atoms with van der Waals surface area (Å²) < 4.78 is 5.40. The molecule has 0 aromatic carbocycles. The Balaban J connectivity index is 3.04. The minimum absolute atomic E-state index is 0.307. The molecule has 0 N–H and O–H groups in total. The fraction of sp³-hybridized carbons (Fsp3) is 0.889. The maximum absolute atomic E-state index is 5.40. The lowest BCUT2D eigenvalue weighted by Gasteiger charge is -2.17. The van der Waals surface area contributed by atoms with Crippen LogP contribution in [0.2, 0.25) is 0 Å². The molecule has 0 bridgehead atoms. The third-order valence-electron chi connectivity index (χ3n) is 1.07. The third kappa shape index (κ3) is 7.96. The van der Waals surface area contributed by atoms with E-state index in [2.05, 4.69) is 27.7 Å². The molecule has 0 aliphatic carbocycles. The lowest BCUT2D eigenvalue weighted by atomic mass is 9.99. The highest BCUT2D eigenvalue weighted by Gasteiger charge is 2.08. The van der Waals surface area contributed by atoms with Gasteiger partial charge in [0.25, 0.3) is 0 Å². The number of ether oxygens (including phenoxy) is 1. The maximum Gasteiger partial charge on any atom is 0.0514 e. The average molecular weight is 143 g/mol. The Kier molecular flexibility index (Phi) is 4.71. The molecule has 0 aromatic rings. The van der Waals surface area contributed by atoms with Crippen LogP contribution < -0.4 is 0 Å². The molecule has 0 aromatic heterocycles. The Labute approximate surface area is 64.8 Å². The lowest BCUT2D eigenvalue weighted by molar-refractivity contribution is 0.0701. The van der Waals surface area contributed by atoms with Gasteiger partial charge in [-0.05, 0) is 11.8 Å². The molecule has 0 atom stereocenters. The fourth-order valence-electron chi connectivity index (χ4n) is 0.582. The van der Waals surface area contributed by atoms with Gasteiger partial charge in [-0.2, -0.15) is 0 Å². The van der Waals surface area contributed by atoms with E-state index >= 15 is 0 Å². The molecule has 0 saturated carbocycles. The highest BCUT2D eigenvalue weighted by molar-refractivity contribution is 4.58. The van der Waals surface area contributed by atoms with E-state index < -0.39 is 0 Å². The Morgan fingerprint density at radius 2 is 1.90 bits per heavy atom. The van der Waals surface area contributed by atoms with Gasteiger partial charge in [0.05, 0.1) is 6.61 Å². The van der Waals surface area contributed by atoms with Gasteiger partial charge >= 0.3 is 0 Å². The molecule has 1 radical (unpaired) electrons. The number of hydrogen-bond donors (Lipinski definition) is 0. The Hall–Kier alpha value is -0.0400.